The molecular formula is C52H33NO2. The van der Waals surface area contributed by atoms with Crippen LogP contribution in [-0.2, 0) is 0 Å². The lowest BCUT2D eigenvalue weighted by Gasteiger charge is -2.29. The zero-order chi connectivity index (χ0) is 36.3. The van der Waals surface area contributed by atoms with Gasteiger partial charge < -0.3 is 14.1 Å². The summed E-state index contributed by atoms with van der Waals surface area (Å²) in [5.74, 6) is 1.68. The van der Waals surface area contributed by atoms with Crippen LogP contribution in [0.2, 0.25) is 0 Å². The van der Waals surface area contributed by atoms with Crippen molar-refractivity contribution >= 4 is 49.8 Å². The van der Waals surface area contributed by atoms with Gasteiger partial charge in [-0.15, -0.1) is 0 Å². The number of rotatable bonds is 5. The van der Waals surface area contributed by atoms with E-state index in [1.165, 1.54) is 5.39 Å². The highest BCUT2D eigenvalue weighted by Crippen LogP contribution is 2.52. The fraction of sp³-hybridized carbons (Fsp3) is 0. The fourth-order valence-electron chi connectivity index (χ4n) is 8.30. The van der Waals surface area contributed by atoms with E-state index in [2.05, 4.69) is 193 Å². The molecule has 1 aromatic heterocycles. The van der Waals surface area contributed by atoms with Crippen molar-refractivity contribution in [2.24, 2.45) is 0 Å². The van der Waals surface area contributed by atoms with Crippen LogP contribution in [-0.4, -0.2) is 0 Å². The van der Waals surface area contributed by atoms with Crippen LogP contribution in [0.5, 0.6) is 11.5 Å². The van der Waals surface area contributed by atoms with Crippen molar-refractivity contribution in [2.45, 2.75) is 0 Å². The van der Waals surface area contributed by atoms with E-state index in [-0.39, 0.29) is 0 Å². The standard InChI is InChI=1S/C52H33NO2/c1-3-13-34(14-4-1)37-23-27-44-42-28-25-38(33-46(42)52-41-19-8-7-17-36(41)24-29-50(52)55-51(44)31-37)53(47-21-11-9-18-40(47)35-15-5-2-6-16-35)39-26-30-49-45(32-39)43-20-10-12-22-48(43)54-49/h1-33H. The summed E-state index contributed by atoms with van der Waals surface area (Å²) in [4.78, 5) is 2.39. The Kier molecular flexibility index (Phi) is 7.17. The molecule has 0 N–H and O–H groups in total. The first-order chi connectivity index (χ1) is 27.3. The minimum Gasteiger partial charge on any atom is -0.456 e. The molecule has 0 aliphatic carbocycles. The molecule has 258 valence electrons. The number of anilines is 3. The highest BCUT2D eigenvalue weighted by molar-refractivity contribution is 6.08. The molecule has 0 saturated heterocycles. The van der Waals surface area contributed by atoms with E-state index in [0.717, 1.165) is 100 Å². The molecule has 11 rings (SSSR count). The Morgan fingerprint density at radius 1 is 0.345 bits per heavy atom. The number of ether oxygens (including phenoxy) is 1. The monoisotopic (exact) mass is 703 g/mol. The average Bonchev–Trinajstić information content (AvgIpc) is 3.56. The molecule has 0 fully saturated rings. The van der Waals surface area contributed by atoms with Gasteiger partial charge >= 0.3 is 0 Å². The molecule has 0 atom stereocenters. The summed E-state index contributed by atoms with van der Waals surface area (Å²) in [6, 6.07) is 71.0. The van der Waals surface area contributed by atoms with E-state index in [0.29, 0.717) is 0 Å². The van der Waals surface area contributed by atoms with Crippen molar-refractivity contribution in [1.82, 2.24) is 0 Å². The van der Waals surface area contributed by atoms with Crippen molar-refractivity contribution in [2.75, 3.05) is 4.90 Å². The molecule has 1 aliphatic rings. The predicted octanol–water partition coefficient (Wildman–Crippen LogP) is 15.0. The molecule has 2 heterocycles. The molecule has 0 amide bonds. The molecule has 9 aromatic carbocycles. The maximum atomic E-state index is 6.96. The van der Waals surface area contributed by atoms with E-state index >= 15 is 0 Å². The Bertz CT molecular complexity index is 3070. The van der Waals surface area contributed by atoms with Crippen LogP contribution < -0.4 is 9.64 Å². The smallest absolute Gasteiger partial charge is 0.135 e. The van der Waals surface area contributed by atoms with E-state index < -0.39 is 0 Å². The zero-order valence-electron chi connectivity index (χ0n) is 29.8. The number of nitrogens with zero attached hydrogens (tertiary/aromatic N) is 1. The molecule has 0 unspecified atom stereocenters. The van der Waals surface area contributed by atoms with Crippen LogP contribution >= 0.6 is 0 Å². The Morgan fingerprint density at radius 3 is 1.89 bits per heavy atom. The third kappa shape index (κ3) is 5.20. The van der Waals surface area contributed by atoms with Gasteiger partial charge in [0.2, 0.25) is 0 Å². The minimum absolute atomic E-state index is 0.837. The SMILES string of the molecule is c1ccc(-c2ccc3c(c2)Oc2ccc4ccccc4c2-c2cc(N(c4ccc5oc6ccccc6c5c4)c4ccccc4-c4ccccc4)ccc2-3)cc1. The van der Waals surface area contributed by atoms with Gasteiger partial charge in [-0.05, 0) is 99.3 Å². The van der Waals surface area contributed by atoms with Crippen LogP contribution in [0.15, 0.2) is 205 Å². The quantitative estimate of drug-likeness (QED) is 0.178. The summed E-state index contributed by atoms with van der Waals surface area (Å²) in [5, 5.41) is 4.50. The number of hydrogen-bond donors (Lipinski definition) is 0. The Hall–Kier alpha value is -7.36. The third-order valence-electron chi connectivity index (χ3n) is 10.9. The topological polar surface area (TPSA) is 25.6 Å². The maximum Gasteiger partial charge on any atom is 0.135 e. The van der Waals surface area contributed by atoms with Crippen LogP contribution in [0, 0.1) is 0 Å². The second-order valence-corrected chi connectivity index (χ2v) is 14.1. The van der Waals surface area contributed by atoms with E-state index in [9.17, 15) is 0 Å². The van der Waals surface area contributed by atoms with Gasteiger partial charge in [0.05, 0.1) is 5.69 Å². The predicted molar refractivity (Wildman–Crippen MR) is 228 cm³/mol. The van der Waals surface area contributed by atoms with Crippen LogP contribution in [0.4, 0.5) is 17.1 Å². The van der Waals surface area contributed by atoms with Crippen molar-refractivity contribution in [3.05, 3.63) is 200 Å². The Morgan fingerprint density at radius 2 is 1.02 bits per heavy atom. The lowest BCUT2D eigenvalue weighted by atomic mass is 9.90. The zero-order valence-corrected chi connectivity index (χ0v) is 29.8. The summed E-state index contributed by atoms with van der Waals surface area (Å²) in [6.45, 7) is 0. The first kappa shape index (κ1) is 31.2. The third-order valence-corrected chi connectivity index (χ3v) is 10.9. The molecule has 0 saturated carbocycles. The highest BCUT2D eigenvalue weighted by atomic mass is 16.5. The molecule has 0 bridgehead atoms. The fourth-order valence-corrected chi connectivity index (χ4v) is 8.30. The van der Waals surface area contributed by atoms with Crippen molar-refractivity contribution in [1.29, 1.82) is 0 Å². The average molecular weight is 704 g/mol. The van der Waals surface area contributed by atoms with Gasteiger partial charge in [-0.3, -0.25) is 0 Å². The summed E-state index contributed by atoms with van der Waals surface area (Å²) in [7, 11) is 0. The molecule has 3 nitrogen and oxygen atoms in total. The number of hydrogen-bond acceptors (Lipinski definition) is 3. The summed E-state index contributed by atoms with van der Waals surface area (Å²) in [5.41, 5.74) is 13.9. The van der Waals surface area contributed by atoms with Gasteiger partial charge in [0.1, 0.15) is 22.7 Å². The van der Waals surface area contributed by atoms with Crippen molar-refractivity contribution in [3.63, 3.8) is 0 Å². The summed E-state index contributed by atoms with van der Waals surface area (Å²) >= 11 is 0. The summed E-state index contributed by atoms with van der Waals surface area (Å²) < 4.78 is 13.3. The van der Waals surface area contributed by atoms with Gasteiger partial charge in [-0.25, -0.2) is 0 Å². The van der Waals surface area contributed by atoms with Crippen molar-refractivity contribution < 1.29 is 9.15 Å². The molecule has 0 radical (unpaired) electrons. The van der Waals surface area contributed by atoms with E-state index in [1.54, 1.807) is 0 Å². The maximum absolute atomic E-state index is 6.96. The van der Waals surface area contributed by atoms with Gasteiger partial charge in [-0.2, -0.15) is 0 Å². The molecule has 1 aliphatic heterocycles. The number of furan rings is 1. The lowest BCUT2D eigenvalue weighted by molar-refractivity contribution is 0.488. The van der Waals surface area contributed by atoms with Gasteiger partial charge in [0.25, 0.3) is 0 Å². The molecule has 0 spiro atoms. The first-order valence-corrected chi connectivity index (χ1v) is 18.7. The Balaban J connectivity index is 1.18. The second-order valence-electron chi connectivity index (χ2n) is 14.1. The largest absolute Gasteiger partial charge is 0.456 e. The minimum atomic E-state index is 0.837. The molecule has 55 heavy (non-hydrogen) atoms. The van der Waals surface area contributed by atoms with Crippen LogP contribution in [0.25, 0.3) is 77.2 Å². The number of benzene rings is 9. The lowest BCUT2D eigenvalue weighted by Crippen LogP contribution is -2.11. The summed E-state index contributed by atoms with van der Waals surface area (Å²) in [6.07, 6.45) is 0. The first-order valence-electron chi connectivity index (χ1n) is 18.7. The molecule has 10 aromatic rings. The second kappa shape index (κ2) is 12.6. The van der Waals surface area contributed by atoms with E-state index in [4.69, 9.17) is 9.15 Å². The van der Waals surface area contributed by atoms with Gasteiger partial charge in [0.15, 0.2) is 0 Å². The Labute approximate surface area is 318 Å². The van der Waals surface area contributed by atoms with Crippen molar-refractivity contribution in [3.8, 4) is 56.0 Å². The van der Waals surface area contributed by atoms with Gasteiger partial charge in [0, 0.05) is 38.8 Å². The number of para-hydroxylation sites is 2. The highest BCUT2D eigenvalue weighted by Gasteiger charge is 2.26. The molecular weight excluding hydrogens is 671 g/mol. The molecule has 3 heteroatoms. The normalized spacial score (nSPS) is 11.8. The van der Waals surface area contributed by atoms with E-state index in [1.807, 2.05) is 12.1 Å². The van der Waals surface area contributed by atoms with Crippen LogP contribution in [0.1, 0.15) is 0 Å². The van der Waals surface area contributed by atoms with Gasteiger partial charge in [-0.1, -0.05) is 140 Å². The number of fused-ring (bicyclic) bond motifs is 10. The van der Waals surface area contributed by atoms with Crippen LogP contribution in [0.3, 0.4) is 0 Å².